The van der Waals surface area contributed by atoms with Gasteiger partial charge < -0.3 is 15.0 Å². The molecule has 0 unspecified atom stereocenters. The van der Waals surface area contributed by atoms with Gasteiger partial charge >= 0.3 is 6.09 Å². The second-order valence-corrected chi connectivity index (χ2v) is 6.02. The number of amides is 2. The normalized spacial score (nSPS) is 20.9. The summed E-state index contributed by atoms with van der Waals surface area (Å²) in [4.78, 5) is 25.9. The molecule has 0 aromatic carbocycles. The van der Waals surface area contributed by atoms with Crippen molar-refractivity contribution in [2.75, 3.05) is 13.1 Å². The van der Waals surface area contributed by atoms with E-state index in [0.29, 0.717) is 6.42 Å². The SMILES string of the molecule is CCCN1CCCC[C@@H](NC(=O)OC(C)(C)C)C1=O. The number of hydrogen-bond donors (Lipinski definition) is 1. The lowest BCUT2D eigenvalue weighted by atomic mass is 10.1. The monoisotopic (exact) mass is 270 g/mol. The molecule has 1 aliphatic heterocycles. The molecular weight excluding hydrogens is 244 g/mol. The molecule has 1 saturated heterocycles. The van der Waals surface area contributed by atoms with E-state index in [1.807, 2.05) is 25.7 Å². The summed E-state index contributed by atoms with van der Waals surface area (Å²) in [6, 6.07) is -0.441. The Morgan fingerprint density at radius 1 is 1.42 bits per heavy atom. The quantitative estimate of drug-likeness (QED) is 0.856. The van der Waals surface area contributed by atoms with Crippen LogP contribution in [0, 0.1) is 0 Å². The number of likely N-dealkylation sites (tertiary alicyclic amines) is 1. The van der Waals surface area contributed by atoms with Crippen molar-refractivity contribution in [3.8, 4) is 0 Å². The van der Waals surface area contributed by atoms with E-state index in [9.17, 15) is 9.59 Å². The van der Waals surface area contributed by atoms with Crippen LogP contribution in [0.3, 0.4) is 0 Å². The van der Waals surface area contributed by atoms with E-state index in [-0.39, 0.29) is 5.91 Å². The molecule has 19 heavy (non-hydrogen) atoms. The fourth-order valence-corrected chi connectivity index (χ4v) is 2.18. The van der Waals surface area contributed by atoms with E-state index < -0.39 is 17.7 Å². The van der Waals surface area contributed by atoms with Crippen LogP contribution >= 0.6 is 0 Å². The molecular formula is C14H26N2O3. The third-order valence-electron chi connectivity index (χ3n) is 2.97. The van der Waals surface area contributed by atoms with Gasteiger partial charge in [-0.05, 0) is 46.5 Å². The second kappa shape index (κ2) is 6.78. The Labute approximate surface area is 115 Å². The Kier molecular flexibility index (Phi) is 5.63. The third kappa shape index (κ3) is 5.49. The highest BCUT2D eigenvalue weighted by molar-refractivity contribution is 5.85. The van der Waals surface area contributed by atoms with Gasteiger partial charge in [-0.15, -0.1) is 0 Å². The Morgan fingerprint density at radius 3 is 2.68 bits per heavy atom. The van der Waals surface area contributed by atoms with E-state index in [4.69, 9.17) is 4.74 Å². The first-order valence-electron chi connectivity index (χ1n) is 7.12. The zero-order valence-corrected chi connectivity index (χ0v) is 12.5. The minimum atomic E-state index is -0.541. The van der Waals surface area contributed by atoms with Crippen LogP contribution in [0.25, 0.3) is 0 Å². The van der Waals surface area contributed by atoms with Gasteiger partial charge in [0.2, 0.25) is 5.91 Å². The number of alkyl carbamates (subject to hydrolysis) is 1. The first-order valence-corrected chi connectivity index (χ1v) is 7.12. The number of nitrogens with one attached hydrogen (secondary N) is 1. The molecule has 0 spiro atoms. The lowest BCUT2D eigenvalue weighted by Gasteiger charge is -2.26. The fraction of sp³-hybridized carbons (Fsp3) is 0.857. The van der Waals surface area contributed by atoms with Gasteiger partial charge in [0.15, 0.2) is 0 Å². The molecule has 5 nitrogen and oxygen atoms in total. The largest absolute Gasteiger partial charge is 0.444 e. The minimum absolute atomic E-state index is 0.0187. The number of carbonyl (C=O) groups is 2. The van der Waals surface area contributed by atoms with Crippen LogP contribution in [0.1, 0.15) is 53.4 Å². The Morgan fingerprint density at radius 2 is 2.11 bits per heavy atom. The highest BCUT2D eigenvalue weighted by Gasteiger charge is 2.29. The summed E-state index contributed by atoms with van der Waals surface area (Å²) in [6.07, 6.45) is 3.07. The van der Waals surface area contributed by atoms with E-state index >= 15 is 0 Å². The van der Waals surface area contributed by atoms with Crippen molar-refractivity contribution in [3.05, 3.63) is 0 Å². The fourth-order valence-electron chi connectivity index (χ4n) is 2.18. The predicted octanol–water partition coefficient (Wildman–Crippen LogP) is 2.30. The molecule has 5 heteroatoms. The topological polar surface area (TPSA) is 58.6 Å². The van der Waals surface area contributed by atoms with Crippen LogP contribution in [0.2, 0.25) is 0 Å². The van der Waals surface area contributed by atoms with Crippen molar-refractivity contribution in [2.45, 2.75) is 65.0 Å². The van der Waals surface area contributed by atoms with Gasteiger partial charge in [0.25, 0.3) is 0 Å². The first kappa shape index (κ1) is 15.8. The summed E-state index contributed by atoms with van der Waals surface area (Å²) < 4.78 is 5.20. The molecule has 0 bridgehead atoms. The zero-order chi connectivity index (χ0) is 14.5. The van der Waals surface area contributed by atoms with Crippen LogP contribution in [-0.2, 0) is 9.53 Å². The van der Waals surface area contributed by atoms with E-state index in [1.165, 1.54) is 0 Å². The molecule has 1 aliphatic rings. The van der Waals surface area contributed by atoms with Crippen molar-refractivity contribution in [2.24, 2.45) is 0 Å². The standard InChI is InChI=1S/C14H26N2O3/c1-5-9-16-10-7-6-8-11(12(16)17)15-13(18)19-14(2,3)4/h11H,5-10H2,1-4H3,(H,15,18)/t11-/m1/s1. The van der Waals surface area contributed by atoms with Crippen molar-refractivity contribution in [1.29, 1.82) is 0 Å². The van der Waals surface area contributed by atoms with Crippen LogP contribution < -0.4 is 5.32 Å². The van der Waals surface area contributed by atoms with Crippen molar-refractivity contribution in [1.82, 2.24) is 10.2 Å². The van der Waals surface area contributed by atoms with Gasteiger partial charge in [0, 0.05) is 13.1 Å². The maximum absolute atomic E-state index is 12.3. The van der Waals surface area contributed by atoms with E-state index in [0.717, 1.165) is 32.4 Å². The van der Waals surface area contributed by atoms with Crippen molar-refractivity contribution < 1.29 is 14.3 Å². The van der Waals surface area contributed by atoms with Gasteiger partial charge in [0.05, 0.1) is 0 Å². The van der Waals surface area contributed by atoms with Gasteiger partial charge in [-0.3, -0.25) is 4.79 Å². The number of nitrogens with zero attached hydrogens (tertiary/aromatic N) is 1. The molecule has 0 radical (unpaired) electrons. The average Bonchev–Trinajstić information content (AvgIpc) is 2.42. The first-order chi connectivity index (χ1) is 8.83. The van der Waals surface area contributed by atoms with Crippen molar-refractivity contribution in [3.63, 3.8) is 0 Å². The highest BCUT2D eigenvalue weighted by Crippen LogP contribution is 2.14. The summed E-state index contributed by atoms with van der Waals surface area (Å²) in [6.45, 7) is 9.03. The maximum Gasteiger partial charge on any atom is 0.408 e. The Balaban J connectivity index is 2.59. The van der Waals surface area contributed by atoms with Crippen LogP contribution in [-0.4, -0.2) is 41.6 Å². The molecule has 0 aliphatic carbocycles. The molecule has 1 rings (SSSR count). The summed E-state index contributed by atoms with van der Waals surface area (Å²) >= 11 is 0. The zero-order valence-electron chi connectivity index (χ0n) is 12.5. The number of hydrogen-bond acceptors (Lipinski definition) is 3. The van der Waals surface area contributed by atoms with Gasteiger partial charge in [-0.1, -0.05) is 6.92 Å². The number of carbonyl (C=O) groups excluding carboxylic acids is 2. The molecule has 1 atom stereocenters. The average molecular weight is 270 g/mol. The number of rotatable bonds is 3. The minimum Gasteiger partial charge on any atom is -0.444 e. The summed E-state index contributed by atoms with van der Waals surface area (Å²) in [5.74, 6) is 0.0187. The van der Waals surface area contributed by atoms with Crippen molar-refractivity contribution >= 4 is 12.0 Å². The predicted molar refractivity (Wildman–Crippen MR) is 73.9 cm³/mol. The maximum atomic E-state index is 12.3. The number of ether oxygens (including phenoxy) is 1. The second-order valence-electron chi connectivity index (χ2n) is 6.02. The van der Waals surface area contributed by atoms with E-state index in [1.54, 1.807) is 0 Å². The van der Waals surface area contributed by atoms with Crippen LogP contribution in [0.4, 0.5) is 4.79 Å². The molecule has 2 amide bonds. The van der Waals surface area contributed by atoms with E-state index in [2.05, 4.69) is 12.2 Å². The Bertz CT molecular complexity index is 323. The molecule has 0 aromatic heterocycles. The smallest absolute Gasteiger partial charge is 0.408 e. The summed E-state index contributed by atoms with van der Waals surface area (Å²) in [5, 5.41) is 2.70. The summed E-state index contributed by atoms with van der Waals surface area (Å²) in [7, 11) is 0. The highest BCUT2D eigenvalue weighted by atomic mass is 16.6. The lowest BCUT2D eigenvalue weighted by Crippen LogP contribution is -2.48. The van der Waals surface area contributed by atoms with Crippen LogP contribution in [0.15, 0.2) is 0 Å². The summed E-state index contributed by atoms with van der Waals surface area (Å²) in [5.41, 5.74) is -0.541. The van der Waals surface area contributed by atoms with Crippen LogP contribution in [0.5, 0.6) is 0 Å². The van der Waals surface area contributed by atoms with Gasteiger partial charge in [-0.2, -0.15) is 0 Å². The molecule has 1 fully saturated rings. The molecule has 1 heterocycles. The molecule has 0 aromatic rings. The third-order valence-corrected chi connectivity index (χ3v) is 2.97. The van der Waals surface area contributed by atoms with Gasteiger partial charge in [0.1, 0.15) is 11.6 Å². The lowest BCUT2D eigenvalue weighted by molar-refractivity contribution is -0.133. The molecule has 1 N–H and O–H groups in total. The Hall–Kier alpha value is -1.26. The van der Waals surface area contributed by atoms with Gasteiger partial charge in [-0.25, -0.2) is 4.79 Å². The molecule has 0 saturated carbocycles. The molecule has 110 valence electrons.